The molecule has 2 amide bonds. The molecule has 4 nitrogen and oxygen atoms in total. The zero-order valence-electron chi connectivity index (χ0n) is 9.86. The number of nitrogens with one attached hydrogen (secondary N) is 1. The number of carbonyl (C=O) groups is 1. The van der Waals surface area contributed by atoms with Crippen molar-refractivity contribution < 1.29 is 9.90 Å². The van der Waals surface area contributed by atoms with Crippen LogP contribution in [0.2, 0.25) is 0 Å². The molecule has 0 spiro atoms. The zero-order chi connectivity index (χ0) is 12.1. The molecule has 1 aromatic heterocycles. The number of aryl methyl sites for hydroxylation is 1. The van der Waals surface area contributed by atoms with E-state index in [-0.39, 0.29) is 18.7 Å². The Morgan fingerprint density at radius 1 is 1.56 bits per heavy atom. The first-order chi connectivity index (χ1) is 7.54. The first kappa shape index (κ1) is 13.0. The first-order valence-electron chi connectivity index (χ1n) is 5.29. The quantitative estimate of drug-likeness (QED) is 0.851. The van der Waals surface area contributed by atoms with Gasteiger partial charge in [-0.3, -0.25) is 5.32 Å². The number of amides is 2. The minimum absolute atomic E-state index is 0.0188. The molecule has 0 aromatic carbocycles. The number of anilines is 1. The second-order valence-corrected chi connectivity index (χ2v) is 5.14. The van der Waals surface area contributed by atoms with Gasteiger partial charge in [-0.05, 0) is 32.9 Å². The summed E-state index contributed by atoms with van der Waals surface area (Å²) in [5.41, 5.74) is 0. The number of hydrogen-bond acceptors (Lipinski definition) is 3. The first-order valence-corrected chi connectivity index (χ1v) is 6.11. The van der Waals surface area contributed by atoms with E-state index in [0.29, 0.717) is 6.54 Å². The highest BCUT2D eigenvalue weighted by Crippen LogP contribution is 2.21. The van der Waals surface area contributed by atoms with E-state index in [9.17, 15) is 4.79 Å². The van der Waals surface area contributed by atoms with Crippen LogP contribution < -0.4 is 5.32 Å². The van der Waals surface area contributed by atoms with Crippen LogP contribution in [0.5, 0.6) is 0 Å². The molecule has 16 heavy (non-hydrogen) atoms. The molecule has 0 unspecified atom stereocenters. The molecule has 0 atom stereocenters. The molecule has 0 saturated heterocycles. The van der Waals surface area contributed by atoms with E-state index in [1.165, 1.54) is 0 Å². The van der Waals surface area contributed by atoms with Gasteiger partial charge in [-0.1, -0.05) is 0 Å². The molecular weight excluding hydrogens is 224 g/mol. The van der Waals surface area contributed by atoms with Crippen molar-refractivity contribution >= 4 is 22.4 Å². The Morgan fingerprint density at radius 2 is 2.25 bits per heavy atom. The van der Waals surface area contributed by atoms with Crippen LogP contribution in [0, 0.1) is 6.92 Å². The lowest BCUT2D eigenvalue weighted by Gasteiger charge is -2.25. The number of aliphatic hydroxyl groups excluding tert-OH is 1. The molecule has 0 saturated carbocycles. The number of thiophene rings is 1. The lowest BCUT2D eigenvalue weighted by atomic mass is 10.3. The molecule has 0 fully saturated rings. The monoisotopic (exact) mass is 242 g/mol. The minimum Gasteiger partial charge on any atom is -0.395 e. The van der Waals surface area contributed by atoms with E-state index in [1.807, 2.05) is 32.9 Å². The summed E-state index contributed by atoms with van der Waals surface area (Å²) < 4.78 is 0. The normalized spacial score (nSPS) is 10.6. The van der Waals surface area contributed by atoms with Crippen molar-refractivity contribution in [3.63, 3.8) is 0 Å². The maximum atomic E-state index is 11.9. The van der Waals surface area contributed by atoms with Crippen LogP contribution >= 0.6 is 11.3 Å². The summed E-state index contributed by atoms with van der Waals surface area (Å²) in [7, 11) is 0. The van der Waals surface area contributed by atoms with E-state index >= 15 is 0 Å². The fraction of sp³-hybridized carbons (Fsp3) is 0.545. The van der Waals surface area contributed by atoms with Crippen LogP contribution in [0.4, 0.5) is 9.80 Å². The fourth-order valence-corrected chi connectivity index (χ4v) is 2.14. The van der Waals surface area contributed by atoms with Gasteiger partial charge in [0, 0.05) is 17.5 Å². The summed E-state index contributed by atoms with van der Waals surface area (Å²) in [5, 5.41) is 12.5. The highest BCUT2D eigenvalue weighted by molar-refractivity contribution is 7.16. The molecule has 1 heterocycles. The topological polar surface area (TPSA) is 52.6 Å². The van der Waals surface area contributed by atoms with Gasteiger partial charge in [0.05, 0.1) is 11.6 Å². The average Bonchev–Trinajstić information content (AvgIpc) is 2.59. The molecule has 0 aliphatic rings. The van der Waals surface area contributed by atoms with E-state index in [4.69, 9.17) is 5.11 Å². The van der Waals surface area contributed by atoms with Gasteiger partial charge in [0.1, 0.15) is 0 Å². The van der Waals surface area contributed by atoms with Gasteiger partial charge in [0.2, 0.25) is 0 Å². The molecule has 0 aliphatic carbocycles. The van der Waals surface area contributed by atoms with Crippen molar-refractivity contribution in [2.24, 2.45) is 0 Å². The maximum Gasteiger partial charge on any atom is 0.322 e. The van der Waals surface area contributed by atoms with Crippen LogP contribution in [-0.4, -0.2) is 35.2 Å². The molecular formula is C11H18N2O2S. The van der Waals surface area contributed by atoms with Crippen molar-refractivity contribution in [1.29, 1.82) is 0 Å². The molecule has 90 valence electrons. The average molecular weight is 242 g/mol. The Balaban J connectivity index is 2.61. The lowest BCUT2D eigenvalue weighted by molar-refractivity contribution is 0.172. The Labute approximate surface area is 99.9 Å². The van der Waals surface area contributed by atoms with Gasteiger partial charge in [0.25, 0.3) is 0 Å². The van der Waals surface area contributed by atoms with Crippen LogP contribution in [0.25, 0.3) is 0 Å². The van der Waals surface area contributed by atoms with Crippen LogP contribution in [0.1, 0.15) is 18.7 Å². The van der Waals surface area contributed by atoms with Crippen molar-refractivity contribution in [1.82, 2.24) is 4.90 Å². The summed E-state index contributed by atoms with van der Waals surface area (Å²) in [6.07, 6.45) is 0. The van der Waals surface area contributed by atoms with Gasteiger partial charge < -0.3 is 10.0 Å². The van der Waals surface area contributed by atoms with Gasteiger partial charge in [-0.15, -0.1) is 11.3 Å². The van der Waals surface area contributed by atoms with Gasteiger partial charge in [0.15, 0.2) is 0 Å². The third kappa shape index (κ3) is 3.50. The summed E-state index contributed by atoms with van der Waals surface area (Å²) in [6, 6.07) is 3.76. The predicted octanol–water partition coefficient (Wildman–Crippen LogP) is 2.29. The van der Waals surface area contributed by atoms with E-state index in [1.54, 1.807) is 16.2 Å². The summed E-state index contributed by atoms with van der Waals surface area (Å²) in [6.45, 7) is 6.18. The number of urea groups is 1. The highest BCUT2D eigenvalue weighted by Gasteiger charge is 2.16. The SMILES string of the molecule is Cc1ccc(NC(=O)N(CCO)C(C)C)s1. The largest absolute Gasteiger partial charge is 0.395 e. The maximum absolute atomic E-state index is 11.9. The van der Waals surface area contributed by atoms with E-state index in [2.05, 4.69) is 5.32 Å². The highest BCUT2D eigenvalue weighted by atomic mass is 32.1. The third-order valence-electron chi connectivity index (χ3n) is 2.20. The summed E-state index contributed by atoms with van der Waals surface area (Å²) >= 11 is 1.54. The fourth-order valence-electron chi connectivity index (χ4n) is 1.38. The smallest absolute Gasteiger partial charge is 0.322 e. The van der Waals surface area contributed by atoms with Crippen LogP contribution in [-0.2, 0) is 0 Å². The second kappa shape index (κ2) is 5.86. The van der Waals surface area contributed by atoms with Gasteiger partial charge >= 0.3 is 6.03 Å². The Kier molecular flexibility index (Phi) is 4.76. The van der Waals surface area contributed by atoms with E-state index in [0.717, 1.165) is 9.88 Å². The van der Waals surface area contributed by atoms with Crippen molar-refractivity contribution in [2.45, 2.75) is 26.8 Å². The van der Waals surface area contributed by atoms with Crippen LogP contribution in [0.15, 0.2) is 12.1 Å². The molecule has 2 N–H and O–H groups in total. The number of carbonyl (C=O) groups excluding carboxylic acids is 1. The summed E-state index contributed by atoms with van der Waals surface area (Å²) in [4.78, 5) is 14.6. The Bertz CT molecular complexity index is 350. The van der Waals surface area contributed by atoms with Gasteiger partial charge in [-0.2, -0.15) is 0 Å². The predicted molar refractivity (Wildman–Crippen MR) is 67.0 cm³/mol. The van der Waals surface area contributed by atoms with Crippen molar-refractivity contribution in [2.75, 3.05) is 18.5 Å². The van der Waals surface area contributed by atoms with Gasteiger partial charge in [-0.25, -0.2) is 4.79 Å². The minimum atomic E-state index is -0.161. The molecule has 0 radical (unpaired) electrons. The number of aliphatic hydroxyl groups is 1. The standard InChI is InChI=1S/C11H18N2O2S/c1-8(2)13(6-7-14)11(15)12-10-5-4-9(3)16-10/h4-5,8,14H,6-7H2,1-3H3,(H,12,15). The summed E-state index contributed by atoms with van der Waals surface area (Å²) in [5.74, 6) is 0. The lowest BCUT2D eigenvalue weighted by Crippen LogP contribution is -2.41. The second-order valence-electron chi connectivity index (χ2n) is 3.85. The Hall–Kier alpha value is -1.07. The van der Waals surface area contributed by atoms with Crippen molar-refractivity contribution in [3.8, 4) is 0 Å². The van der Waals surface area contributed by atoms with Crippen LogP contribution in [0.3, 0.4) is 0 Å². The molecule has 1 rings (SSSR count). The zero-order valence-corrected chi connectivity index (χ0v) is 10.7. The number of rotatable bonds is 4. The number of nitrogens with zero attached hydrogens (tertiary/aromatic N) is 1. The van der Waals surface area contributed by atoms with E-state index < -0.39 is 0 Å². The molecule has 0 bridgehead atoms. The molecule has 5 heteroatoms. The van der Waals surface area contributed by atoms with Crippen molar-refractivity contribution in [3.05, 3.63) is 17.0 Å². The third-order valence-corrected chi connectivity index (χ3v) is 3.11. The number of hydrogen-bond donors (Lipinski definition) is 2. The Morgan fingerprint density at radius 3 is 2.69 bits per heavy atom. The molecule has 0 aliphatic heterocycles. The molecule has 1 aromatic rings.